The third kappa shape index (κ3) is 4.06. The van der Waals surface area contributed by atoms with Gasteiger partial charge in [0.05, 0.1) is 6.42 Å². The lowest BCUT2D eigenvalue weighted by molar-refractivity contribution is -0.136. The molecule has 0 radical (unpaired) electrons. The van der Waals surface area contributed by atoms with Crippen molar-refractivity contribution in [2.45, 2.75) is 25.6 Å². The molecule has 0 bridgehead atoms. The Morgan fingerprint density at radius 1 is 1.50 bits per heavy atom. The molecule has 3 nitrogen and oxygen atoms in total. The Morgan fingerprint density at radius 2 is 2.21 bits per heavy atom. The van der Waals surface area contributed by atoms with E-state index in [0.717, 1.165) is 0 Å². The standard InChI is InChI=1S/C8H10F3N3/c1-6(5-8(9,10)11)13-7-3-2-4-12-14-7/h2-4,6H,5H2,1H3,(H,13,14). The minimum Gasteiger partial charge on any atom is -0.366 e. The van der Waals surface area contributed by atoms with Crippen LogP contribution >= 0.6 is 0 Å². The van der Waals surface area contributed by atoms with Crippen molar-refractivity contribution in [1.29, 1.82) is 0 Å². The number of rotatable bonds is 3. The zero-order valence-corrected chi connectivity index (χ0v) is 7.54. The van der Waals surface area contributed by atoms with E-state index in [2.05, 4.69) is 15.5 Å². The first-order valence-electron chi connectivity index (χ1n) is 4.08. The molecule has 1 unspecified atom stereocenters. The van der Waals surface area contributed by atoms with Gasteiger partial charge in [-0.1, -0.05) is 0 Å². The van der Waals surface area contributed by atoms with E-state index < -0.39 is 18.6 Å². The second-order valence-corrected chi connectivity index (χ2v) is 2.97. The van der Waals surface area contributed by atoms with E-state index in [1.54, 1.807) is 12.1 Å². The summed E-state index contributed by atoms with van der Waals surface area (Å²) in [6.45, 7) is 1.45. The average molecular weight is 205 g/mol. The molecule has 6 heteroatoms. The van der Waals surface area contributed by atoms with Gasteiger partial charge in [-0.05, 0) is 19.1 Å². The quantitative estimate of drug-likeness (QED) is 0.822. The van der Waals surface area contributed by atoms with Gasteiger partial charge >= 0.3 is 6.18 Å². The Labute approximate surface area is 79.3 Å². The topological polar surface area (TPSA) is 37.8 Å². The van der Waals surface area contributed by atoms with Crippen LogP contribution in [0, 0.1) is 0 Å². The number of nitrogens with one attached hydrogen (secondary N) is 1. The number of hydrogen-bond donors (Lipinski definition) is 1. The highest BCUT2D eigenvalue weighted by atomic mass is 19.4. The van der Waals surface area contributed by atoms with Crippen LogP contribution in [0.25, 0.3) is 0 Å². The number of alkyl halides is 3. The molecule has 0 fully saturated rings. The summed E-state index contributed by atoms with van der Waals surface area (Å²) in [6.07, 6.45) is -3.59. The molecule has 1 rings (SSSR count). The zero-order valence-electron chi connectivity index (χ0n) is 7.54. The van der Waals surface area contributed by atoms with Crippen molar-refractivity contribution in [2.24, 2.45) is 0 Å². The fraction of sp³-hybridized carbons (Fsp3) is 0.500. The van der Waals surface area contributed by atoms with E-state index in [4.69, 9.17) is 0 Å². The highest BCUT2D eigenvalue weighted by molar-refractivity contribution is 5.32. The third-order valence-corrected chi connectivity index (χ3v) is 1.50. The first-order chi connectivity index (χ1) is 6.47. The molecule has 0 saturated carbocycles. The van der Waals surface area contributed by atoms with Gasteiger partial charge in [0.1, 0.15) is 5.82 Å². The van der Waals surface area contributed by atoms with Gasteiger partial charge in [-0.25, -0.2) is 0 Å². The van der Waals surface area contributed by atoms with Crippen LogP contribution in [-0.4, -0.2) is 22.4 Å². The highest BCUT2D eigenvalue weighted by Gasteiger charge is 2.29. The number of hydrogen-bond acceptors (Lipinski definition) is 3. The van der Waals surface area contributed by atoms with Gasteiger partial charge in [0.25, 0.3) is 0 Å². The first-order valence-corrected chi connectivity index (χ1v) is 4.08. The average Bonchev–Trinajstić information content (AvgIpc) is 2.02. The summed E-state index contributed by atoms with van der Waals surface area (Å²) in [6, 6.07) is 2.47. The van der Waals surface area contributed by atoms with Crippen molar-refractivity contribution < 1.29 is 13.2 Å². The maximum Gasteiger partial charge on any atom is 0.391 e. The molecule has 0 amide bonds. The maximum absolute atomic E-state index is 11.9. The first kappa shape index (κ1) is 10.7. The summed E-state index contributed by atoms with van der Waals surface area (Å²) in [4.78, 5) is 0. The fourth-order valence-electron chi connectivity index (χ4n) is 1.03. The normalized spacial score (nSPS) is 13.7. The van der Waals surface area contributed by atoms with Crippen LogP contribution in [0.5, 0.6) is 0 Å². The van der Waals surface area contributed by atoms with E-state index in [1.165, 1.54) is 13.1 Å². The van der Waals surface area contributed by atoms with Crippen LogP contribution in [0.3, 0.4) is 0 Å². The van der Waals surface area contributed by atoms with Crippen LogP contribution in [0.15, 0.2) is 18.3 Å². The second kappa shape index (κ2) is 4.26. The molecule has 0 saturated heterocycles. The predicted octanol–water partition coefficient (Wildman–Crippen LogP) is 2.23. The Kier molecular flexibility index (Phi) is 3.27. The van der Waals surface area contributed by atoms with Crippen LogP contribution < -0.4 is 5.32 Å². The minimum atomic E-state index is -4.16. The summed E-state index contributed by atoms with van der Waals surface area (Å²) in [5.74, 6) is 0.351. The van der Waals surface area contributed by atoms with Gasteiger partial charge in [-0.3, -0.25) is 0 Å². The van der Waals surface area contributed by atoms with Gasteiger partial charge in [-0.2, -0.15) is 18.3 Å². The molecule has 1 heterocycles. The molecule has 0 aliphatic carbocycles. The third-order valence-electron chi connectivity index (χ3n) is 1.50. The van der Waals surface area contributed by atoms with Crippen molar-refractivity contribution in [1.82, 2.24) is 10.2 Å². The number of aromatic nitrogens is 2. The lowest BCUT2D eigenvalue weighted by Crippen LogP contribution is -2.24. The van der Waals surface area contributed by atoms with Gasteiger partial charge < -0.3 is 5.32 Å². The van der Waals surface area contributed by atoms with E-state index in [0.29, 0.717) is 5.82 Å². The van der Waals surface area contributed by atoms with Gasteiger partial charge in [0, 0.05) is 12.2 Å². The Balaban J connectivity index is 2.46. The fourth-order valence-corrected chi connectivity index (χ4v) is 1.03. The number of anilines is 1. The van der Waals surface area contributed by atoms with Crippen LogP contribution in [-0.2, 0) is 0 Å². The molecule has 14 heavy (non-hydrogen) atoms. The van der Waals surface area contributed by atoms with Crippen molar-refractivity contribution in [3.05, 3.63) is 18.3 Å². The smallest absolute Gasteiger partial charge is 0.366 e. The van der Waals surface area contributed by atoms with Crippen LogP contribution in [0.1, 0.15) is 13.3 Å². The Bertz CT molecular complexity index is 273. The zero-order chi connectivity index (χ0) is 10.6. The minimum absolute atomic E-state index is 0.351. The molecular formula is C8H10F3N3. The summed E-state index contributed by atoms with van der Waals surface area (Å²) < 4.78 is 35.8. The molecule has 0 spiro atoms. The molecule has 0 aromatic carbocycles. The summed E-state index contributed by atoms with van der Waals surface area (Å²) in [5.41, 5.74) is 0. The monoisotopic (exact) mass is 205 g/mol. The molecule has 0 aliphatic rings. The van der Waals surface area contributed by atoms with E-state index >= 15 is 0 Å². The maximum atomic E-state index is 11.9. The molecule has 1 atom stereocenters. The molecule has 1 aromatic rings. The van der Waals surface area contributed by atoms with Gasteiger partial charge in [0.2, 0.25) is 0 Å². The van der Waals surface area contributed by atoms with Gasteiger partial charge in [0.15, 0.2) is 0 Å². The second-order valence-electron chi connectivity index (χ2n) is 2.97. The van der Waals surface area contributed by atoms with Crippen molar-refractivity contribution in [3.8, 4) is 0 Å². The van der Waals surface area contributed by atoms with Crippen molar-refractivity contribution >= 4 is 5.82 Å². The van der Waals surface area contributed by atoms with Crippen LogP contribution in [0.4, 0.5) is 19.0 Å². The number of nitrogens with zero attached hydrogens (tertiary/aromatic N) is 2. The largest absolute Gasteiger partial charge is 0.391 e. The summed E-state index contributed by atoms with van der Waals surface area (Å²) in [5, 5.41) is 9.77. The molecule has 1 aromatic heterocycles. The molecule has 78 valence electrons. The summed E-state index contributed by atoms with van der Waals surface area (Å²) >= 11 is 0. The van der Waals surface area contributed by atoms with Crippen LogP contribution in [0.2, 0.25) is 0 Å². The molecule has 1 N–H and O–H groups in total. The Morgan fingerprint density at radius 3 is 2.71 bits per heavy atom. The van der Waals surface area contributed by atoms with Gasteiger partial charge in [-0.15, -0.1) is 5.10 Å². The predicted molar refractivity (Wildman–Crippen MR) is 45.8 cm³/mol. The SMILES string of the molecule is CC(CC(F)(F)F)Nc1cccnn1. The lowest BCUT2D eigenvalue weighted by Gasteiger charge is -2.15. The summed E-state index contributed by atoms with van der Waals surface area (Å²) in [7, 11) is 0. The van der Waals surface area contributed by atoms with Crippen molar-refractivity contribution in [2.75, 3.05) is 5.32 Å². The molecular weight excluding hydrogens is 195 g/mol. The Hall–Kier alpha value is -1.33. The van der Waals surface area contributed by atoms with E-state index in [-0.39, 0.29) is 0 Å². The van der Waals surface area contributed by atoms with E-state index in [1.807, 2.05) is 0 Å². The highest BCUT2D eigenvalue weighted by Crippen LogP contribution is 2.22. The van der Waals surface area contributed by atoms with Crippen molar-refractivity contribution in [3.63, 3.8) is 0 Å². The molecule has 0 aliphatic heterocycles. The van der Waals surface area contributed by atoms with E-state index in [9.17, 15) is 13.2 Å². The number of halogens is 3. The lowest BCUT2D eigenvalue weighted by atomic mass is 10.2.